The van der Waals surface area contributed by atoms with Gasteiger partial charge in [-0.1, -0.05) is 11.2 Å². The Morgan fingerprint density at radius 2 is 2.21 bits per heavy atom. The molecule has 0 bridgehead atoms. The Labute approximate surface area is 123 Å². The Hall–Kier alpha value is -1.47. The molecule has 0 aliphatic rings. The molecule has 0 aliphatic heterocycles. The molecule has 0 unspecified atom stereocenters. The first-order valence-corrected chi connectivity index (χ1v) is 7.02. The van der Waals surface area contributed by atoms with Crippen molar-refractivity contribution in [2.75, 3.05) is 0 Å². The van der Waals surface area contributed by atoms with Crippen LogP contribution in [0.2, 0.25) is 0 Å². The lowest BCUT2D eigenvalue weighted by Crippen LogP contribution is -2.15. The number of aromatic nitrogens is 1. The van der Waals surface area contributed by atoms with Crippen molar-refractivity contribution in [3.05, 3.63) is 39.7 Å². The fourth-order valence-electron chi connectivity index (χ4n) is 1.47. The highest BCUT2D eigenvalue weighted by molar-refractivity contribution is 9.10. The molecule has 0 aliphatic carbocycles. The molecule has 100 valence electrons. The third kappa shape index (κ3) is 2.93. The Kier molecular flexibility index (Phi) is 4.16. The molecule has 2 aromatic rings. The highest BCUT2D eigenvalue weighted by Gasteiger charge is 2.15. The summed E-state index contributed by atoms with van der Waals surface area (Å²) in [5.74, 6) is 0.817. The first kappa shape index (κ1) is 14.0. The van der Waals surface area contributed by atoms with Gasteiger partial charge in [-0.05, 0) is 53.7 Å². The normalized spacial score (nSPS) is 11.8. The largest absolute Gasteiger partial charge is 0.436 e. The number of oxazole rings is 1. The molecule has 0 radical (unpaired) electrons. The van der Waals surface area contributed by atoms with Crippen molar-refractivity contribution in [3.8, 4) is 0 Å². The molecule has 1 aromatic carbocycles. The summed E-state index contributed by atoms with van der Waals surface area (Å²) in [5.41, 5.74) is 7.15. The van der Waals surface area contributed by atoms with E-state index in [0.29, 0.717) is 10.8 Å². The Bertz CT molecular complexity index is 620. The molecular weight excluding hydrogens is 330 g/mol. The van der Waals surface area contributed by atoms with Crippen LogP contribution in [0.25, 0.3) is 0 Å². The van der Waals surface area contributed by atoms with Gasteiger partial charge in [-0.3, -0.25) is 0 Å². The molecule has 0 atom stereocenters. The minimum Gasteiger partial charge on any atom is -0.436 e. The summed E-state index contributed by atoms with van der Waals surface area (Å²) in [6, 6.07) is 5.55. The van der Waals surface area contributed by atoms with E-state index in [-0.39, 0.29) is 5.84 Å². The summed E-state index contributed by atoms with van der Waals surface area (Å²) in [7, 11) is 0. The average Bonchev–Trinajstić information content (AvgIpc) is 2.67. The molecule has 0 amide bonds. The minimum absolute atomic E-state index is 0.0370. The molecule has 19 heavy (non-hydrogen) atoms. The Morgan fingerprint density at radius 3 is 2.79 bits per heavy atom. The second-order valence-corrected chi connectivity index (χ2v) is 5.67. The number of hydrogen-bond donors (Lipinski definition) is 2. The molecule has 3 N–H and O–H groups in total. The van der Waals surface area contributed by atoms with Gasteiger partial charge in [0.25, 0.3) is 5.22 Å². The third-order valence-electron chi connectivity index (χ3n) is 2.55. The fraction of sp³-hybridized carbons (Fsp3) is 0.167. The van der Waals surface area contributed by atoms with Crippen molar-refractivity contribution >= 4 is 33.5 Å². The molecule has 2 rings (SSSR count). The van der Waals surface area contributed by atoms with E-state index in [1.807, 2.05) is 32.0 Å². The summed E-state index contributed by atoms with van der Waals surface area (Å²) in [6.07, 6.45) is 0. The SMILES string of the molecule is Cc1nc(Sc2cccc(Br)c2/C(N)=N/O)oc1C. The van der Waals surface area contributed by atoms with Gasteiger partial charge in [-0.15, -0.1) is 0 Å². The monoisotopic (exact) mass is 341 g/mol. The van der Waals surface area contributed by atoms with Crippen LogP contribution in [0.15, 0.2) is 42.4 Å². The summed E-state index contributed by atoms with van der Waals surface area (Å²) < 4.78 is 6.26. The van der Waals surface area contributed by atoms with Gasteiger partial charge in [0, 0.05) is 14.9 Å². The molecule has 1 aromatic heterocycles. The van der Waals surface area contributed by atoms with E-state index in [2.05, 4.69) is 26.1 Å². The predicted molar refractivity (Wildman–Crippen MR) is 76.8 cm³/mol. The van der Waals surface area contributed by atoms with Gasteiger partial charge in [0.1, 0.15) is 5.76 Å². The lowest BCUT2D eigenvalue weighted by atomic mass is 10.2. The van der Waals surface area contributed by atoms with Crippen molar-refractivity contribution in [3.63, 3.8) is 0 Å². The van der Waals surface area contributed by atoms with Crippen LogP contribution in [0.3, 0.4) is 0 Å². The molecule has 0 saturated heterocycles. The van der Waals surface area contributed by atoms with E-state index in [0.717, 1.165) is 20.8 Å². The third-order valence-corrected chi connectivity index (χ3v) is 4.12. The number of nitrogens with two attached hydrogens (primary N) is 1. The Morgan fingerprint density at radius 1 is 1.47 bits per heavy atom. The average molecular weight is 342 g/mol. The van der Waals surface area contributed by atoms with Crippen LogP contribution in [-0.2, 0) is 0 Å². The van der Waals surface area contributed by atoms with Crippen molar-refractivity contribution < 1.29 is 9.62 Å². The maximum absolute atomic E-state index is 8.85. The molecule has 0 saturated carbocycles. The highest BCUT2D eigenvalue weighted by atomic mass is 79.9. The van der Waals surface area contributed by atoms with E-state index in [1.54, 1.807) is 0 Å². The van der Waals surface area contributed by atoms with E-state index < -0.39 is 0 Å². The molecule has 7 heteroatoms. The molecule has 1 heterocycles. The first-order chi connectivity index (χ1) is 9.02. The van der Waals surface area contributed by atoms with Gasteiger partial charge in [0.15, 0.2) is 5.84 Å². The van der Waals surface area contributed by atoms with Crippen LogP contribution in [0.4, 0.5) is 0 Å². The summed E-state index contributed by atoms with van der Waals surface area (Å²) >= 11 is 4.71. The van der Waals surface area contributed by atoms with E-state index in [9.17, 15) is 0 Å². The molecule has 0 spiro atoms. The number of aryl methyl sites for hydroxylation is 2. The van der Waals surface area contributed by atoms with Crippen LogP contribution >= 0.6 is 27.7 Å². The van der Waals surface area contributed by atoms with Crippen LogP contribution < -0.4 is 5.73 Å². The van der Waals surface area contributed by atoms with Gasteiger partial charge in [-0.25, -0.2) is 4.98 Å². The van der Waals surface area contributed by atoms with E-state index in [1.165, 1.54) is 11.8 Å². The second kappa shape index (κ2) is 5.66. The van der Waals surface area contributed by atoms with E-state index in [4.69, 9.17) is 15.4 Å². The smallest absolute Gasteiger partial charge is 0.261 e. The van der Waals surface area contributed by atoms with Crippen molar-refractivity contribution in [2.24, 2.45) is 10.9 Å². The van der Waals surface area contributed by atoms with Crippen LogP contribution in [-0.4, -0.2) is 16.0 Å². The van der Waals surface area contributed by atoms with Gasteiger partial charge in [0.05, 0.1) is 5.69 Å². The van der Waals surface area contributed by atoms with Gasteiger partial charge >= 0.3 is 0 Å². The minimum atomic E-state index is 0.0370. The van der Waals surface area contributed by atoms with Crippen LogP contribution in [0.1, 0.15) is 17.0 Å². The quantitative estimate of drug-likeness (QED) is 0.387. The number of benzene rings is 1. The number of halogens is 1. The van der Waals surface area contributed by atoms with Crippen molar-refractivity contribution in [1.82, 2.24) is 4.98 Å². The molecular formula is C12H12BrN3O2S. The number of nitrogens with zero attached hydrogens (tertiary/aromatic N) is 2. The van der Waals surface area contributed by atoms with Gasteiger partial charge in [-0.2, -0.15) is 0 Å². The van der Waals surface area contributed by atoms with Gasteiger partial charge < -0.3 is 15.4 Å². The first-order valence-electron chi connectivity index (χ1n) is 5.41. The van der Waals surface area contributed by atoms with Crippen molar-refractivity contribution in [1.29, 1.82) is 0 Å². The summed E-state index contributed by atoms with van der Waals surface area (Å²) in [6.45, 7) is 3.74. The van der Waals surface area contributed by atoms with Crippen LogP contribution in [0, 0.1) is 13.8 Å². The number of rotatable bonds is 3. The molecule has 5 nitrogen and oxygen atoms in total. The number of amidine groups is 1. The zero-order valence-electron chi connectivity index (χ0n) is 10.3. The summed E-state index contributed by atoms with van der Waals surface area (Å²) in [5, 5.41) is 12.4. The molecule has 0 fully saturated rings. The van der Waals surface area contributed by atoms with Gasteiger partial charge in [0.2, 0.25) is 0 Å². The second-order valence-electron chi connectivity index (χ2n) is 3.82. The maximum atomic E-state index is 8.85. The van der Waals surface area contributed by atoms with Crippen molar-refractivity contribution in [2.45, 2.75) is 24.0 Å². The standard InChI is InChI=1S/C12H12BrN3O2S/c1-6-7(2)18-12(15-6)19-9-5-3-4-8(13)10(9)11(14)16-17/h3-5,17H,1-2H3,(H2,14,16). The zero-order chi connectivity index (χ0) is 14.0. The lowest BCUT2D eigenvalue weighted by molar-refractivity contribution is 0.318. The fourth-order valence-corrected chi connectivity index (χ4v) is 3.17. The maximum Gasteiger partial charge on any atom is 0.261 e. The summed E-state index contributed by atoms with van der Waals surface area (Å²) in [4.78, 5) is 5.10. The highest BCUT2D eigenvalue weighted by Crippen LogP contribution is 2.34. The Balaban J connectivity index is 2.43. The predicted octanol–water partition coefficient (Wildman–Crippen LogP) is 3.30. The topological polar surface area (TPSA) is 84.6 Å². The van der Waals surface area contributed by atoms with Crippen LogP contribution in [0.5, 0.6) is 0 Å². The lowest BCUT2D eigenvalue weighted by Gasteiger charge is -2.07. The number of hydrogen-bond acceptors (Lipinski definition) is 5. The zero-order valence-corrected chi connectivity index (χ0v) is 12.7. The van der Waals surface area contributed by atoms with E-state index >= 15 is 0 Å². The number of oxime groups is 1.